The van der Waals surface area contributed by atoms with Crippen molar-refractivity contribution in [2.24, 2.45) is 0 Å². The molecular weight excluding hydrogens is 238 g/mol. The lowest BCUT2D eigenvalue weighted by molar-refractivity contribution is 0.0244. The van der Waals surface area contributed by atoms with E-state index in [1.54, 1.807) is 0 Å². The minimum Gasteiger partial charge on any atom is -0.444 e. The summed E-state index contributed by atoms with van der Waals surface area (Å²) in [4.78, 5) is 14.0. The lowest BCUT2D eigenvalue weighted by atomic mass is 10.1. The lowest BCUT2D eigenvalue weighted by Gasteiger charge is -2.27. The van der Waals surface area contributed by atoms with Crippen LogP contribution >= 0.6 is 0 Å². The summed E-state index contributed by atoms with van der Waals surface area (Å²) in [6.07, 6.45) is 12.4. The molecule has 0 aromatic heterocycles. The normalized spacial score (nSPS) is 21.1. The Morgan fingerprint density at radius 3 is 2.05 bits per heavy atom. The topological polar surface area (TPSA) is 29.5 Å². The molecule has 0 unspecified atom stereocenters. The first kappa shape index (κ1) is 16.1. The summed E-state index contributed by atoms with van der Waals surface area (Å²) in [5.41, 5.74) is -0.399. The van der Waals surface area contributed by atoms with Crippen molar-refractivity contribution in [3.63, 3.8) is 0 Å². The predicted molar refractivity (Wildman–Crippen MR) is 79.3 cm³/mol. The smallest absolute Gasteiger partial charge is 0.410 e. The van der Waals surface area contributed by atoms with Gasteiger partial charge in [-0.05, 0) is 59.3 Å². The first-order chi connectivity index (χ1) is 8.99. The van der Waals surface area contributed by atoms with Gasteiger partial charge in [-0.2, -0.15) is 0 Å². The van der Waals surface area contributed by atoms with Crippen molar-refractivity contribution < 1.29 is 9.53 Å². The van der Waals surface area contributed by atoms with Crippen molar-refractivity contribution in [2.45, 2.75) is 71.3 Å². The molecule has 0 spiro atoms. The molecule has 0 bridgehead atoms. The first-order valence-electron chi connectivity index (χ1n) is 7.62. The second-order valence-electron chi connectivity index (χ2n) is 6.28. The molecule has 1 amide bonds. The number of carbonyl (C=O) groups excluding carboxylic acids is 1. The van der Waals surface area contributed by atoms with Gasteiger partial charge in [0.15, 0.2) is 0 Å². The summed E-state index contributed by atoms with van der Waals surface area (Å²) in [7, 11) is 0. The molecule has 110 valence electrons. The van der Waals surface area contributed by atoms with Crippen molar-refractivity contribution in [1.29, 1.82) is 0 Å². The Hall–Kier alpha value is -0.990. The van der Waals surface area contributed by atoms with Gasteiger partial charge in [0.25, 0.3) is 0 Å². The molecule has 0 N–H and O–H groups in total. The van der Waals surface area contributed by atoms with Gasteiger partial charge in [-0.3, -0.25) is 0 Å². The Bertz CT molecular complexity index is 292. The van der Waals surface area contributed by atoms with Crippen LogP contribution in [0.3, 0.4) is 0 Å². The van der Waals surface area contributed by atoms with Gasteiger partial charge in [-0.15, -0.1) is 0 Å². The van der Waals surface area contributed by atoms with Crippen molar-refractivity contribution in [2.75, 3.05) is 13.1 Å². The van der Waals surface area contributed by atoms with Crippen LogP contribution in [0, 0.1) is 0 Å². The van der Waals surface area contributed by atoms with Crippen LogP contribution in [0.2, 0.25) is 0 Å². The van der Waals surface area contributed by atoms with Crippen LogP contribution in [-0.2, 0) is 4.74 Å². The fourth-order valence-corrected chi connectivity index (χ4v) is 2.16. The summed E-state index contributed by atoms with van der Waals surface area (Å²) in [6, 6.07) is 0. The second-order valence-corrected chi connectivity index (χ2v) is 6.28. The van der Waals surface area contributed by atoms with Gasteiger partial charge in [0.1, 0.15) is 5.60 Å². The third-order valence-corrected chi connectivity index (χ3v) is 3.17. The largest absolute Gasteiger partial charge is 0.444 e. The maximum absolute atomic E-state index is 12.1. The summed E-state index contributed by atoms with van der Waals surface area (Å²) in [6.45, 7) is 7.42. The molecule has 1 heterocycles. The number of carbonyl (C=O) groups is 1. The highest BCUT2D eigenvalue weighted by molar-refractivity contribution is 5.68. The molecular formula is C16H29NO2. The Kier molecular flexibility index (Phi) is 6.96. The molecule has 3 heteroatoms. The molecule has 1 rings (SSSR count). The quantitative estimate of drug-likeness (QED) is 0.604. The summed E-state index contributed by atoms with van der Waals surface area (Å²) in [5, 5.41) is 0. The fraction of sp³-hybridized carbons (Fsp3) is 0.812. The van der Waals surface area contributed by atoms with Crippen LogP contribution in [0.1, 0.15) is 65.7 Å². The van der Waals surface area contributed by atoms with E-state index < -0.39 is 5.60 Å². The highest BCUT2D eigenvalue weighted by atomic mass is 16.6. The molecule has 19 heavy (non-hydrogen) atoms. The molecule has 1 aliphatic heterocycles. The van der Waals surface area contributed by atoms with E-state index in [0.29, 0.717) is 0 Å². The Balaban J connectivity index is 2.48. The molecule has 0 fully saturated rings. The van der Waals surface area contributed by atoms with Crippen LogP contribution in [0.4, 0.5) is 4.79 Å². The van der Waals surface area contributed by atoms with Crippen molar-refractivity contribution >= 4 is 6.09 Å². The molecule has 0 saturated carbocycles. The van der Waals surface area contributed by atoms with Crippen LogP contribution < -0.4 is 0 Å². The van der Waals surface area contributed by atoms with Crippen LogP contribution in [-0.4, -0.2) is 29.7 Å². The average molecular weight is 267 g/mol. The van der Waals surface area contributed by atoms with Gasteiger partial charge in [-0.1, -0.05) is 18.6 Å². The number of rotatable bonds is 0. The third kappa shape index (κ3) is 7.91. The van der Waals surface area contributed by atoms with Gasteiger partial charge >= 0.3 is 6.09 Å². The number of hydrogen-bond acceptors (Lipinski definition) is 2. The van der Waals surface area contributed by atoms with Gasteiger partial charge in [-0.25, -0.2) is 4.79 Å². The van der Waals surface area contributed by atoms with Crippen LogP contribution in [0.25, 0.3) is 0 Å². The Morgan fingerprint density at radius 2 is 1.47 bits per heavy atom. The molecule has 0 aromatic rings. The Morgan fingerprint density at radius 1 is 0.947 bits per heavy atom. The highest BCUT2D eigenvalue weighted by Gasteiger charge is 2.21. The molecule has 3 nitrogen and oxygen atoms in total. The molecule has 0 atom stereocenters. The molecule has 1 aliphatic rings. The second kappa shape index (κ2) is 8.23. The summed E-state index contributed by atoms with van der Waals surface area (Å²) in [5.74, 6) is 0. The standard InChI is InChI=1S/C16H29NO2/c1-16(2,3)19-15(18)17-13-11-9-7-5-4-6-8-10-12-14-17/h4-5H,6-14H2,1-3H3/b5-4+. The van der Waals surface area contributed by atoms with E-state index in [1.807, 2.05) is 25.7 Å². The highest BCUT2D eigenvalue weighted by Crippen LogP contribution is 2.13. The number of amides is 1. The Labute approximate surface area is 118 Å². The zero-order valence-electron chi connectivity index (χ0n) is 12.8. The predicted octanol–water partition coefficient (Wildman–Crippen LogP) is 4.52. The van der Waals surface area contributed by atoms with Gasteiger partial charge in [0.05, 0.1) is 0 Å². The average Bonchev–Trinajstić information content (AvgIpc) is 2.27. The number of hydrogen-bond donors (Lipinski definition) is 0. The zero-order chi connectivity index (χ0) is 14.1. The first-order valence-corrected chi connectivity index (χ1v) is 7.62. The van der Waals surface area contributed by atoms with Gasteiger partial charge < -0.3 is 9.64 Å². The maximum atomic E-state index is 12.1. The van der Waals surface area contributed by atoms with Crippen LogP contribution in [0.5, 0.6) is 0 Å². The molecule has 0 aliphatic carbocycles. The monoisotopic (exact) mass is 267 g/mol. The molecule has 0 radical (unpaired) electrons. The minimum absolute atomic E-state index is 0.153. The molecule has 0 saturated heterocycles. The van der Waals surface area contributed by atoms with E-state index in [9.17, 15) is 4.79 Å². The summed E-state index contributed by atoms with van der Waals surface area (Å²) >= 11 is 0. The number of ether oxygens (including phenoxy) is 1. The summed E-state index contributed by atoms with van der Waals surface area (Å²) < 4.78 is 5.47. The SMILES string of the molecule is CC(C)(C)OC(=O)N1CCCC/C=C/CCCCC1. The number of allylic oxidation sites excluding steroid dienone is 2. The third-order valence-electron chi connectivity index (χ3n) is 3.17. The van der Waals surface area contributed by atoms with E-state index in [0.717, 1.165) is 38.8 Å². The van der Waals surface area contributed by atoms with Crippen molar-refractivity contribution in [3.05, 3.63) is 12.2 Å². The van der Waals surface area contributed by atoms with E-state index >= 15 is 0 Å². The van der Waals surface area contributed by atoms with E-state index in [4.69, 9.17) is 4.74 Å². The maximum Gasteiger partial charge on any atom is 0.410 e. The number of nitrogens with zero attached hydrogens (tertiary/aromatic N) is 1. The zero-order valence-corrected chi connectivity index (χ0v) is 12.8. The van der Waals surface area contributed by atoms with Crippen molar-refractivity contribution in [3.8, 4) is 0 Å². The lowest BCUT2D eigenvalue weighted by Crippen LogP contribution is -2.38. The van der Waals surface area contributed by atoms with Crippen LogP contribution in [0.15, 0.2) is 12.2 Å². The van der Waals surface area contributed by atoms with Crippen molar-refractivity contribution in [1.82, 2.24) is 4.90 Å². The fourth-order valence-electron chi connectivity index (χ4n) is 2.16. The van der Waals surface area contributed by atoms with E-state index in [2.05, 4.69) is 12.2 Å². The van der Waals surface area contributed by atoms with Gasteiger partial charge in [0.2, 0.25) is 0 Å². The minimum atomic E-state index is -0.399. The van der Waals surface area contributed by atoms with Gasteiger partial charge in [0, 0.05) is 13.1 Å². The van der Waals surface area contributed by atoms with E-state index in [-0.39, 0.29) is 6.09 Å². The van der Waals surface area contributed by atoms with E-state index in [1.165, 1.54) is 19.3 Å². The molecule has 0 aromatic carbocycles.